The van der Waals surface area contributed by atoms with Gasteiger partial charge in [-0.05, 0) is 65.8 Å². The summed E-state index contributed by atoms with van der Waals surface area (Å²) in [6, 6.07) is 11.7. The van der Waals surface area contributed by atoms with Gasteiger partial charge in [0.1, 0.15) is 11.9 Å². The van der Waals surface area contributed by atoms with E-state index in [1.807, 2.05) is 50.2 Å². The maximum absolute atomic E-state index is 10.7. The molecule has 0 aliphatic carbocycles. The first-order valence-corrected chi connectivity index (χ1v) is 8.27. The Bertz CT molecular complexity index is 613. The van der Waals surface area contributed by atoms with Gasteiger partial charge < -0.3 is 9.84 Å². The van der Waals surface area contributed by atoms with Crippen LogP contribution >= 0.6 is 38.5 Å². The van der Waals surface area contributed by atoms with Crippen molar-refractivity contribution in [2.45, 2.75) is 20.0 Å². The number of hydrogen-bond acceptors (Lipinski definition) is 2. The lowest BCUT2D eigenvalue weighted by molar-refractivity contribution is 0.211. The summed E-state index contributed by atoms with van der Waals surface area (Å²) >= 11 is 5.73. The highest BCUT2D eigenvalue weighted by atomic mass is 127. The van der Waals surface area contributed by atoms with Crippen LogP contribution in [-0.2, 0) is 0 Å². The zero-order valence-electron chi connectivity index (χ0n) is 11.4. The van der Waals surface area contributed by atoms with Crippen molar-refractivity contribution in [3.8, 4) is 5.75 Å². The van der Waals surface area contributed by atoms with Crippen LogP contribution < -0.4 is 4.74 Å². The van der Waals surface area contributed by atoms with E-state index in [0.717, 1.165) is 30.5 Å². The minimum absolute atomic E-state index is 0.576. The highest BCUT2D eigenvalue weighted by Crippen LogP contribution is 2.35. The number of benzene rings is 2. The number of aliphatic hydroxyl groups is 1. The van der Waals surface area contributed by atoms with Gasteiger partial charge in [-0.15, -0.1) is 0 Å². The molecule has 0 heterocycles. The second-order valence-electron chi connectivity index (χ2n) is 4.50. The van der Waals surface area contributed by atoms with Crippen molar-refractivity contribution < 1.29 is 9.84 Å². The smallest absolute Gasteiger partial charge is 0.125 e. The number of aryl methyl sites for hydroxylation is 1. The predicted octanol–water partition coefficient (Wildman–Crippen LogP) is 4.84. The van der Waals surface area contributed by atoms with Gasteiger partial charge in [-0.3, -0.25) is 0 Å². The summed E-state index contributed by atoms with van der Waals surface area (Å²) in [5.74, 6) is 0.723. The highest BCUT2D eigenvalue weighted by Gasteiger charge is 2.19. The number of ether oxygens (including phenoxy) is 1. The van der Waals surface area contributed by atoms with Gasteiger partial charge in [0.05, 0.1) is 6.61 Å². The molecule has 0 amide bonds. The third kappa shape index (κ3) is 3.35. The summed E-state index contributed by atoms with van der Waals surface area (Å²) in [6.07, 6.45) is -0.694. The lowest BCUT2D eigenvalue weighted by Gasteiger charge is -2.18. The summed E-state index contributed by atoms with van der Waals surface area (Å²) in [6.45, 7) is 4.56. The largest absolute Gasteiger partial charge is 0.493 e. The Morgan fingerprint density at radius 3 is 2.70 bits per heavy atom. The summed E-state index contributed by atoms with van der Waals surface area (Å²) in [5, 5.41) is 10.7. The van der Waals surface area contributed by atoms with E-state index in [1.54, 1.807) is 0 Å². The van der Waals surface area contributed by atoms with Crippen LogP contribution in [0.2, 0.25) is 0 Å². The number of halogens is 2. The lowest BCUT2D eigenvalue weighted by atomic mass is 9.99. The van der Waals surface area contributed by atoms with Crippen molar-refractivity contribution in [1.82, 2.24) is 0 Å². The molecule has 0 saturated heterocycles. The fourth-order valence-corrected chi connectivity index (χ4v) is 3.10. The summed E-state index contributed by atoms with van der Waals surface area (Å²) in [7, 11) is 0. The summed E-state index contributed by atoms with van der Waals surface area (Å²) in [4.78, 5) is 0. The molecule has 1 N–H and O–H groups in total. The minimum Gasteiger partial charge on any atom is -0.493 e. The van der Waals surface area contributed by atoms with Gasteiger partial charge in [0.25, 0.3) is 0 Å². The first-order valence-electron chi connectivity index (χ1n) is 6.40. The third-order valence-electron chi connectivity index (χ3n) is 3.08. The Morgan fingerprint density at radius 2 is 2.00 bits per heavy atom. The van der Waals surface area contributed by atoms with E-state index in [0.29, 0.717) is 6.61 Å². The van der Waals surface area contributed by atoms with E-state index < -0.39 is 6.10 Å². The van der Waals surface area contributed by atoms with Crippen molar-refractivity contribution in [3.63, 3.8) is 0 Å². The molecule has 2 nitrogen and oxygen atoms in total. The number of rotatable bonds is 4. The average Bonchev–Trinajstić information content (AvgIpc) is 2.43. The molecule has 2 aromatic rings. The maximum atomic E-state index is 10.7. The molecule has 0 aromatic heterocycles. The van der Waals surface area contributed by atoms with Crippen LogP contribution in [0.25, 0.3) is 0 Å². The molecule has 4 heteroatoms. The quantitative estimate of drug-likeness (QED) is 0.680. The van der Waals surface area contributed by atoms with Crippen LogP contribution in [0.3, 0.4) is 0 Å². The Hall–Kier alpha value is -0.590. The zero-order valence-corrected chi connectivity index (χ0v) is 15.1. The SMILES string of the molecule is CCOc1ccc(Br)cc1C(O)c1cccc(C)c1I. The van der Waals surface area contributed by atoms with E-state index >= 15 is 0 Å². The molecule has 0 bridgehead atoms. The van der Waals surface area contributed by atoms with Crippen LogP contribution in [0.4, 0.5) is 0 Å². The van der Waals surface area contributed by atoms with Gasteiger partial charge in [-0.25, -0.2) is 0 Å². The topological polar surface area (TPSA) is 29.5 Å². The molecule has 2 rings (SSSR count). The van der Waals surface area contributed by atoms with E-state index in [-0.39, 0.29) is 0 Å². The molecule has 1 atom stereocenters. The molecule has 20 heavy (non-hydrogen) atoms. The second-order valence-corrected chi connectivity index (χ2v) is 6.49. The van der Waals surface area contributed by atoms with E-state index in [2.05, 4.69) is 38.5 Å². The van der Waals surface area contributed by atoms with Gasteiger partial charge in [0, 0.05) is 13.6 Å². The van der Waals surface area contributed by atoms with Gasteiger partial charge in [-0.1, -0.05) is 34.1 Å². The van der Waals surface area contributed by atoms with Gasteiger partial charge in [-0.2, -0.15) is 0 Å². The molecule has 0 fully saturated rings. The van der Waals surface area contributed by atoms with Crippen molar-refractivity contribution in [3.05, 3.63) is 61.1 Å². The third-order valence-corrected chi connectivity index (χ3v) is 5.05. The van der Waals surface area contributed by atoms with Gasteiger partial charge in [0.15, 0.2) is 0 Å². The molecule has 0 aliphatic heterocycles. The van der Waals surface area contributed by atoms with Crippen LogP contribution in [0.1, 0.15) is 29.7 Å². The van der Waals surface area contributed by atoms with Crippen molar-refractivity contribution in [1.29, 1.82) is 0 Å². The van der Waals surface area contributed by atoms with Gasteiger partial charge in [0.2, 0.25) is 0 Å². The molecule has 0 aliphatic rings. The first kappa shape index (κ1) is 15.8. The van der Waals surface area contributed by atoms with Crippen molar-refractivity contribution in [2.24, 2.45) is 0 Å². The molecule has 0 spiro atoms. The number of aliphatic hydroxyl groups excluding tert-OH is 1. The van der Waals surface area contributed by atoms with Crippen molar-refractivity contribution >= 4 is 38.5 Å². The Morgan fingerprint density at radius 1 is 1.25 bits per heavy atom. The summed E-state index contributed by atoms with van der Waals surface area (Å²) in [5.41, 5.74) is 2.85. The van der Waals surface area contributed by atoms with E-state index in [1.165, 1.54) is 0 Å². The molecular weight excluding hydrogens is 431 g/mol. The molecule has 1 unspecified atom stereocenters. The Labute approximate surface area is 141 Å². The molecule has 0 radical (unpaired) electrons. The van der Waals surface area contributed by atoms with Crippen molar-refractivity contribution in [2.75, 3.05) is 6.61 Å². The summed E-state index contributed by atoms with van der Waals surface area (Å²) < 4.78 is 7.63. The maximum Gasteiger partial charge on any atom is 0.125 e. The molecular formula is C16H16BrIO2. The normalized spacial score (nSPS) is 12.2. The predicted molar refractivity (Wildman–Crippen MR) is 93.3 cm³/mol. The minimum atomic E-state index is -0.694. The van der Waals surface area contributed by atoms with Crippen LogP contribution in [0.5, 0.6) is 5.75 Å². The lowest BCUT2D eigenvalue weighted by Crippen LogP contribution is -2.06. The highest BCUT2D eigenvalue weighted by molar-refractivity contribution is 14.1. The fraction of sp³-hybridized carbons (Fsp3) is 0.250. The Kier molecular flexibility index (Phi) is 5.46. The fourth-order valence-electron chi connectivity index (χ4n) is 2.07. The molecule has 106 valence electrons. The van der Waals surface area contributed by atoms with Crippen LogP contribution in [0.15, 0.2) is 40.9 Å². The molecule has 0 saturated carbocycles. The van der Waals surface area contributed by atoms with E-state index in [4.69, 9.17) is 4.74 Å². The van der Waals surface area contributed by atoms with Crippen LogP contribution in [-0.4, -0.2) is 11.7 Å². The Balaban J connectivity index is 2.49. The van der Waals surface area contributed by atoms with Gasteiger partial charge >= 0.3 is 0 Å². The number of hydrogen-bond donors (Lipinski definition) is 1. The standard InChI is InChI=1S/C16H16BrIO2/c1-3-20-14-8-7-11(17)9-13(14)16(19)12-6-4-5-10(2)15(12)18/h4-9,16,19H,3H2,1-2H3. The first-order chi connectivity index (χ1) is 9.54. The monoisotopic (exact) mass is 446 g/mol. The van der Waals surface area contributed by atoms with E-state index in [9.17, 15) is 5.11 Å². The zero-order chi connectivity index (χ0) is 14.7. The average molecular weight is 447 g/mol. The molecule has 2 aromatic carbocycles. The van der Waals surface area contributed by atoms with Crippen LogP contribution in [0, 0.1) is 10.5 Å². The second kappa shape index (κ2) is 6.91.